The van der Waals surface area contributed by atoms with E-state index in [0.29, 0.717) is 12.6 Å². The summed E-state index contributed by atoms with van der Waals surface area (Å²) in [6, 6.07) is 19.0. The molecule has 1 fully saturated rings. The molecule has 3 nitrogen and oxygen atoms in total. The van der Waals surface area contributed by atoms with Crippen molar-refractivity contribution >= 4 is 5.78 Å². The number of rotatable bonds is 5. The summed E-state index contributed by atoms with van der Waals surface area (Å²) >= 11 is 0. The summed E-state index contributed by atoms with van der Waals surface area (Å²) in [4.78, 5) is 17.2. The zero-order valence-corrected chi connectivity index (χ0v) is 14.6. The van der Waals surface area contributed by atoms with Gasteiger partial charge in [-0.1, -0.05) is 60.2 Å². The average Bonchev–Trinajstić information content (AvgIpc) is 2.63. The van der Waals surface area contributed by atoms with E-state index in [1.165, 1.54) is 11.1 Å². The standard InChI is InChI=1S/C21H26N2O/c1-17-8-10-20(11-9-17)21(24)16-22-12-14-23(15-13-22)18(2)19-6-4-3-5-7-19/h3-11,18H,12-16H2,1-2H3/t18-/m0/s1. The smallest absolute Gasteiger partial charge is 0.176 e. The molecule has 1 atom stereocenters. The van der Waals surface area contributed by atoms with Gasteiger partial charge >= 0.3 is 0 Å². The van der Waals surface area contributed by atoms with Crippen molar-refractivity contribution in [2.75, 3.05) is 32.7 Å². The Morgan fingerprint density at radius 3 is 2.21 bits per heavy atom. The highest BCUT2D eigenvalue weighted by Gasteiger charge is 2.23. The monoisotopic (exact) mass is 322 g/mol. The lowest BCUT2D eigenvalue weighted by Gasteiger charge is -2.38. The van der Waals surface area contributed by atoms with Crippen LogP contribution in [0.1, 0.15) is 34.5 Å². The fraction of sp³-hybridized carbons (Fsp3) is 0.381. The van der Waals surface area contributed by atoms with E-state index in [1.54, 1.807) is 0 Å². The molecule has 1 heterocycles. The minimum Gasteiger partial charge on any atom is -0.294 e. The van der Waals surface area contributed by atoms with Crippen molar-refractivity contribution in [2.24, 2.45) is 0 Å². The van der Waals surface area contributed by atoms with Gasteiger partial charge in [0.25, 0.3) is 0 Å². The van der Waals surface area contributed by atoms with Gasteiger partial charge in [0.15, 0.2) is 5.78 Å². The second-order valence-corrected chi connectivity index (χ2v) is 6.69. The molecule has 0 aliphatic carbocycles. The lowest BCUT2D eigenvalue weighted by atomic mass is 10.1. The molecule has 0 spiro atoms. The fourth-order valence-electron chi connectivity index (χ4n) is 3.28. The van der Waals surface area contributed by atoms with Gasteiger partial charge in [0.2, 0.25) is 0 Å². The van der Waals surface area contributed by atoms with E-state index in [1.807, 2.05) is 31.2 Å². The van der Waals surface area contributed by atoms with Gasteiger partial charge in [0.1, 0.15) is 0 Å². The zero-order chi connectivity index (χ0) is 16.9. The Bertz CT molecular complexity index is 658. The Morgan fingerprint density at radius 1 is 0.958 bits per heavy atom. The van der Waals surface area contributed by atoms with Gasteiger partial charge in [-0.15, -0.1) is 0 Å². The van der Waals surface area contributed by atoms with Crippen LogP contribution in [0.2, 0.25) is 0 Å². The summed E-state index contributed by atoms with van der Waals surface area (Å²) in [7, 11) is 0. The van der Waals surface area contributed by atoms with E-state index in [-0.39, 0.29) is 5.78 Å². The van der Waals surface area contributed by atoms with E-state index in [4.69, 9.17) is 0 Å². The predicted molar refractivity (Wildman–Crippen MR) is 98.4 cm³/mol. The third kappa shape index (κ3) is 4.11. The van der Waals surface area contributed by atoms with Crippen LogP contribution < -0.4 is 0 Å². The van der Waals surface area contributed by atoms with Crippen LogP contribution in [-0.2, 0) is 0 Å². The minimum absolute atomic E-state index is 0.222. The molecule has 2 aromatic rings. The number of benzene rings is 2. The Hall–Kier alpha value is -1.97. The summed E-state index contributed by atoms with van der Waals surface area (Å²) in [5, 5.41) is 0. The van der Waals surface area contributed by atoms with Gasteiger partial charge in [-0.3, -0.25) is 14.6 Å². The molecule has 0 unspecified atom stereocenters. The first-order chi connectivity index (χ1) is 11.6. The van der Waals surface area contributed by atoms with Crippen LogP contribution in [0, 0.1) is 6.92 Å². The number of piperazine rings is 1. The fourth-order valence-corrected chi connectivity index (χ4v) is 3.28. The normalized spacial score (nSPS) is 17.6. The minimum atomic E-state index is 0.222. The molecule has 0 radical (unpaired) electrons. The van der Waals surface area contributed by atoms with Crippen LogP contribution in [0.25, 0.3) is 0 Å². The molecule has 0 bridgehead atoms. The van der Waals surface area contributed by atoms with Crippen molar-refractivity contribution in [3.63, 3.8) is 0 Å². The van der Waals surface area contributed by atoms with Crippen molar-refractivity contribution in [3.8, 4) is 0 Å². The molecule has 1 aliphatic heterocycles. The molecule has 3 rings (SSSR count). The highest BCUT2D eigenvalue weighted by Crippen LogP contribution is 2.21. The van der Waals surface area contributed by atoms with Crippen LogP contribution in [-0.4, -0.2) is 48.3 Å². The number of hydrogen-bond donors (Lipinski definition) is 0. The molecule has 3 heteroatoms. The van der Waals surface area contributed by atoms with Gasteiger partial charge in [0, 0.05) is 37.8 Å². The predicted octanol–water partition coefficient (Wildman–Crippen LogP) is 3.56. The van der Waals surface area contributed by atoms with Crippen LogP contribution in [0.3, 0.4) is 0 Å². The van der Waals surface area contributed by atoms with E-state index < -0.39 is 0 Å². The maximum atomic E-state index is 12.4. The first-order valence-corrected chi connectivity index (χ1v) is 8.75. The number of aryl methyl sites for hydroxylation is 1. The second kappa shape index (κ2) is 7.73. The Morgan fingerprint density at radius 2 is 1.58 bits per heavy atom. The molecule has 24 heavy (non-hydrogen) atoms. The van der Waals surface area contributed by atoms with Gasteiger partial charge in [0.05, 0.1) is 6.54 Å². The number of carbonyl (C=O) groups is 1. The zero-order valence-electron chi connectivity index (χ0n) is 14.6. The number of hydrogen-bond acceptors (Lipinski definition) is 3. The maximum Gasteiger partial charge on any atom is 0.176 e. The topological polar surface area (TPSA) is 23.6 Å². The van der Waals surface area contributed by atoms with Crippen molar-refractivity contribution in [1.82, 2.24) is 9.80 Å². The highest BCUT2D eigenvalue weighted by atomic mass is 16.1. The molecule has 1 saturated heterocycles. The van der Waals surface area contributed by atoms with Gasteiger partial charge < -0.3 is 0 Å². The number of ketones is 1. The molecule has 0 amide bonds. The van der Waals surface area contributed by atoms with Crippen molar-refractivity contribution < 1.29 is 4.79 Å². The SMILES string of the molecule is Cc1ccc(C(=O)CN2CCN([C@@H](C)c3ccccc3)CC2)cc1. The third-order valence-electron chi connectivity index (χ3n) is 4.98. The first-order valence-electron chi connectivity index (χ1n) is 8.75. The lowest BCUT2D eigenvalue weighted by molar-refractivity contribution is 0.0788. The van der Waals surface area contributed by atoms with Crippen molar-refractivity contribution in [1.29, 1.82) is 0 Å². The quantitative estimate of drug-likeness (QED) is 0.787. The third-order valence-corrected chi connectivity index (χ3v) is 4.98. The molecule has 2 aromatic carbocycles. The van der Waals surface area contributed by atoms with Gasteiger partial charge in [-0.2, -0.15) is 0 Å². The van der Waals surface area contributed by atoms with E-state index in [9.17, 15) is 4.79 Å². The lowest BCUT2D eigenvalue weighted by Crippen LogP contribution is -2.48. The number of carbonyl (C=O) groups excluding carboxylic acids is 1. The van der Waals surface area contributed by atoms with Crippen LogP contribution >= 0.6 is 0 Å². The van der Waals surface area contributed by atoms with E-state index >= 15 is 0 Å². The molecular formula is C21H26N2O. The summed E-state index contributed by atoms with van der Waals surface area (Å²) < 4.78 is 0. The Labute approximate surface area is 144 Å². The molecule has 1 aliphatic rings. The van der Waals surface area contributed by atoms with Crippen molar-refractivity contribution in [2.45, 2.75) is 19.9 Å². The van der Waals surface area contributed by atoms with Crippen molar-refractivity contribution in [3.05, 3.63) is 71.3 Å². The maximum absolute atomic E-state index is 12.4. The first kappa shape index (κ1) is 16.9. The van der Waals surface area contributed by atoms with E-state index in [2.05, 4.69) is 47.1 Å². The van der Waals surface area contributed by atoms with Gasteiger partial charge in [-0.25, -0.2) is 0 Å². The summed E-state index contributed by atoms with van der Waals surface area (Å²) in [6.45, 7) is 8.76. The number of nitrogens with zero attached hydrogens (tertiary/aromatic N) is 2. The molecule has 0 N–H and O–H groups in total. The molecule has 0 saturated carbocycles. The summed E-state index contributed by atoms with van der Waals surface area (Å²) in [5.41, 5.74) is 3.37. The molecule has 126 valence electrons. The van der Waals surface area contributed by atoms with Crippen LogP contribution in [0.4, 0.5) is 0 Å². The average molecular weight is 322 g/mol. The van der Waals surface area contributed by atoms with Crippen LogP contribution in [0.15, 0.2) is 54.6 Å². The van der Waals surface area contributed by atoms with Gasteiger partial charge in [-0.05, 0) is 19.4 Å². The Balaban J connectivity index is 1.52. The van der Waals surface area contributed by atoms with E-state index in [0.717, 1.165) is 31.7 Å². The highest BCUT2D eigenvalue weighted by molar-refractivity contribution is 5.97. The second-order valence-electron chi connectivity index (χ2n) is 6.69. The Kier molecular flexibility index (Phi) is 5.44. The summed E-state index contributed by atoms with van der Waals surface area (Å²) in [6.07, 6.45) is 0. The largest absolute Gasteiger partial charge is 0.294 e. The van der Waals surface area contributed by atoms with Crippen LogP contribution in [0.5, 0.6) is 0 Å². The molecule has 0 aromatic heterocycles. The summed E-state index contributed by atoms with van der Waals surface area (Å²) in [5.74, 6) is 0.222. The molecular weight excluding hydrogens is 296 g/mol. The number of Topliss-reactive ketones (excluding diaryl/α,β-unsaturated/α-hetero) is 1.